The molecule has 0 heterocycles. The first-order chi connectivity index (χ1) is 13.0. The maximum Gasteiger partial charge on any atom is 0.222 e. The highest BCUT2D eigenvalue weighted by Crippen LogP contribution is 2.17. The van der Waals surface area contributed by atoms with E-state index in [0.717, 1.165) is 0 Å². The average molecular weight is 390 g/mol. The van der Waals surface area contributed by atoms with Crippen LogP contribution in [0.4, 0.5) is 0 Å². The third-order valence-corrected chi connectivity index (χ3v) is 4.36. The molecule has 0 spiro atoms. The molecular weight excluding hydrogens is 366 g/mol. The highest BCUT2D eigenvalue weighted by molar-refractivity contribution is 6.30. The van der Waals surface area contributed by atoms with Crippen molar-refractivity contribution in [3.05, 3.63) is 59.1 Å². The van der Waals surface area contributed by atoms with Crippen LogP contribution in [-0.2, 0) is 4.79 Å². The second kappa shape index (κ2) is 10.6. The number of rotatable bonds is 10. The first-order valence-corrected chi connectivity index (χ1v) is 9.17. The zero-order valence-electron chi connectivity index (χ0n) is 15.6. The van der Waals surface area contributed by atoms with Crippen molar-refractivity contribution >= 4 is 23.3 Å². The Kier molecular flexibility index (Phi) is 8.14. The topological polar surface area (TPSA) is 55.8 Å². The molecule has 0 N–H and O–H groups in total. The fourth-order valence-corrected chi connectivity index (χ4v) is 2.67. The van der Waals surface area contributed by atoms with Crippen LogP contribution in [-0.4, -0.2) is 43.9 Å². The molecule has 0 radical (unpaired) electrons. The Morgan fingerprint density at radius 3 is 2.44 bits per heavy atom. The summed E-state index contributed by atoms with van der Waals surface area (Å²) in [6.45, 7) is 0.852. The molecule has 0 aliphatic rings. The quantitative estimate of drug-likeness (QED) is 0.570. The number of nitrogens with zero attached hydrogens (tertiary/aromatic N) is 1. The maximum atomic E-state index is 12.2. The number of hydrogen-bond donors (Lipinski definition) is 0. The highest BCUT2D eigenvalue weighted by atomic mass is 35.5. The van der Waals surface area contributed by atoms with E-state index in [9.17, 15) is 9.59 Å². The molecule has 0 atom stereocenters. The minimum Gasteiger partial charge on any atom is -0.497 e. The van der Waals surface area contributed by atoms with Gasteiger partial charge in [-0.3, -0.25) is 9.59 Å². The van der Waals surface area contributed by atoms with Gasteiger partial charge in [0.2, 0.25) is 5.91 Å². The third-order valence-electron chi connectivity index (χ3n) is 4.12. The number of likely N-dealkylation sites (N-methyl/N-ethyl adjacent to an activating group) is 1. The molecule has 0 aliphatic carbocycles. The SMILES string of the molecule is COc1ccc(C(=O)CCCC(=O)N(C)CCOc2cccc(Cl)c2)cc1. The van der Waals surface area contributed by atoms with Gasteiger partial charge in [0, 0.05) is 30.5 Å². The van der Waals surface area contributed by atoms with E-state index in [-0.39, 0.29) is 11.7 Å². The summed E-state index contributed by atoms with van der Waals surface area (Å²) in [6.07, 6.45) is 1.18. The van der Waals surface area contributed by atoms with Crippen LogP contribution >= 0.6 is 11.6 Å². The number of ketones is 1. The second-order valence-corrected chi connectivity index (χ2v) is 6.56. The number of amides is 1. The molecule has 0 aliphatic heterocycles. The summed E-state index contributed by atoms with van der Waals surface area (Å²) in [5.74, 6) is 1.40. The lowest BCUT2D eigenvalue weighted by atomic mass is 10.1. The lowest BCUT2D eigenvalue weighted by molar-refractivity contribution is -0.130. The lowest BCUT2D eigenvalue weighted by Gasteiger charge is -2.17. The molecule has 1 amide bonds. The van der Waals surface area contributed by atoms with Crippen LogP contribution in [0.1, 0.15) is 29.6 Å². The summed E-state index contributed by atoms with van der Waals surface area (Å²) in [6, 6.07) is 14.1. The van der Waals surface area contributed by atoms with Crippen LogP contribution in [0, 0.1) is 0 Å². The van der Waals surface area contributed by atoms with Crippen LogP contribution in [0.3, 0.4) is 0 Å². The molecule has 144 valence electrons. The highest BCUT2D eigenvalue weighted by Gasteiger charge is 2.11. The molecule has 6 heteroatoms. The van der Waals surface area contributed by atoms with Crippen LogP contribution in [0.25, 0.3) is 0 Å². The Bertz CT molecular complexity index is 761. The number of halogens is 1. The Hall–Kier alpha value is -2.53. The van der Waals surface area contributed by atoms with Crippen molar-refractivity contribution < 1.29 is 19.1 Å². The zero-order valence-corrected chi connectivity index (χ0v) is 16.4. The van der Waals surface area contributed by atoms with Crippen LogP contribution in [0.5, 0.6) is 11.5 Å². The van der Waals surface area contributed by atoms with Gasteiger partial charge in [-0.05, 0) is 48.9 Å². The summed E-state index contributed by atoms with van der Waals surface area (Å²) in [7, 11) is 3.31. The predicted molar refractivity (Wildman–Crippen MR) is 106 cm³/mol. The minimum absolute atomic E-state index is 0.00720. The molecule has 0 unspecified atom stereocenters. The van der Waals surface area contributed by atoms with Gasteiger partial charge < -0.3 is 14.4 Å². The van der Waals surface area contributed by atoms with Gasteiger partial charge in [0.25, 0.3) is 0 Å². The van der Waals surface area contributed by atoms with Crippen molar-refractivity contribution in [1.29, 1.82) is 0 Å². The van der Waals surface area contributed by atoms with E-state index in [2.05, 4.69) is 0 Å². The molecule has 0 saturated carbocycles. The lowest BCUT2D eigenvalue weighted by Crippen LogP contribution is -2.30. The van der Waals surface area contributed by atoms with Crippen LogP contribution < -0.4 is 9.47 Å². The van der Waals surface area contributed by atoms with Crippen molar-refractivity contribution in [3.8, 4) is 11.5 Å². The van der Waals surface area contributed by atoms with Gasteiger partial charge in [0.15, 0.2) is 5.78 Å². The minimum atomic E-state index is -0.00720. The smallest absolute Gasteiger partial charge is 0.222 e. The maximum absolute atomic E-state index is 12.2. The molecular formula is C21H24ClNO4. The fraction of sp³-hybridized carbons (Fsp3) is 0.333. The summed E-state index contributed by atoms with van der Waals surface area (Å²) < 4.78 is 10.7. The molecule has 0 bridgehead atoms. The summed E-state index contributed by atoms with van der Waals surface area (Å²) >= 11 is 5.90. The molecule has 27 heavy (non-hydrogen) atoms. The summed E-state index contributed by atoms with van der Waals surface area (Å²) in [5.41, 5.74) is 0.631. The first-order valence-electron chi connectivity index (χ1n) is 8.79. The Balaban J connectivity index is 1.67. The summed E-state index contributed by atoms with van der Waals surface area (Å²) in [4.78, 5) is 25.9. The van der Waals surface area contributed by atoms with Crippen molar-refractivity contribution in [1.82, 2.24) is 4.90 Å². The molecule has 2 aromatic rings. The third kappa shape index (κ3) is 6.94. The van der Waals surface area contributed by atoms with Crippen molar-refractivity contribution in [2.75, 3.05) is 27.3 Å². The van der Waals surface area contributed by atoms with E-state index in [1.54, 1.807) is 55.5 Å². The Morgan fingerprint density at radius 2 is 1.78 bits per heavy atom. The molecule has 5 nitrogen and oxygen atoms in total. The van der Waals surface area contributed by atoms with Crippen molar-refractivity contribution in [2.24, 2.45) is 0 Å². The van der Waals surface area contributed by atoms with Gasteiger partial charge in [-0.25, -0.2) is 0 Å². The Labute approximate surface area is 164 Å². The van der Waals surface area contributed by atoms with Crippen molar-refractivity contribution in [2.45, 2.75) is 19.3 Å². The monoisotopic (exact) mass is 389 g/mol. The first kappa shape index (κ1) is 20.8. The normalized spacial score (nSPS) is 10.3. The van der Waals surface area contributed by atoms with E-state index in [4.69, 9.17) is 21.1 Å². The average Bonchev–Trinajstić information content (AvgIpc) is 2.67. The number of methoxy groups -OCH3 is 1. The second-order valence-electron chi connectivity index (χ2n) is 6.13. The molecule has 2 rings (SSSR count). The molecule has 0 saturated heterocycles. The number of ether oxygens (including phenoxy) is 2. The predicted octanol–water partition coefficient (Wildman–Crippen LogP) is 4.24. The number of carbonyl (C=O) groups excluding carboxylic acids is 2. The largest absolute Gasteiger partial charge is 0.497 e. The zero-order chi connectivity index (χ0) is 19.6. The van der Waals surface area contributed by atoms with E-state index >= 15 is 0 Å². The van der Waals surface area contributed by atoms with Crippen molar-refractivity contribution in [3.63, 3.8) is 0 Å². The fourth-order valence-electron chi connectivity index (χ4n) is 2.49. The molecule has 0 aromatic heterocycles. The van der Waals surface area contributed by atoms with Gasteiger partial charge in [0.1, 0.15) is 18.1 Å². The molecule has 2 aromatic carbocycles. The van der Waals surface area contributed by atoms with Gasteiger partial charge in [-0.2, -0.15) is 0 Å². The standard InChI is InChI=1S/C21H24ClNO4/c1-23(13-14-27-19-6-3-5-17(22)15-19)21(25)8-4-7-20(24)16-9-11-18(26-2)12-10-16/h3,5-6,9-12,15H,4,7-8,13-14H2,1-2H3. The van der Waals surface area contributed by atoms with Gasteiger partial charge in [-0.1, -0.05) is 17.7 Å². The number of hydrogen-bond acceptors (Lipinski definition) is 4. The van der Waals surface area contributed by atoms with Gasteiger partial charge in [-0.15, -0.1) is 0 Å². The summed E-state index contributed by atoms with van der Waals surface area (Å²) in [5, 5.41) is 0.610. The van der Waals surface area contributed by atoms with E-state index in [0.29, 0.717) is 54.5 Å². The molecule has 0 fully saturated rings. The number of Topliss-reactive ketones (excluding diaryl/α,β-unsaturated/α-hetero) is 1. The van der Waals surface area contributed by atoms with Gasteiger partial charge >= 0.3 is 0 Å². The van der Waals surface area contributed by atoms with E-state index in [1.807, 2.05) is 12.1 Å². The van der Waals surface area contributed by atoms with Crippen LogP contribution in [0.2, 0.25) is 5.02 Å². The van der Waals surface area contributed by atoms with E-state index < -0.39 is 0 Å². The Morgan fingerprint density at radius 1 is 1.04 bits per heavy atom. The van der Waals surface area contributed by atoms with E-state index in [1.165, 1.54) is 0 Å². The number of carbonyl (C=O) groups is 2. The number of benzene rings is 2. The van der Waals surface area contributed by atoms with Gasteiger partial charge in [0.05, 0.1) is 13.7 Å². The van der Waals surface area contributed by atoms with Crippen LogP contribution in [0.15, 0.2) is 48.5 Å².